The summed E-state index contributed by atoms with van der Waals surface area (Å²) in [4.78, 5) is 11.1. The van der Waals surface area contributed by atoms with Crippen LogP contribution in [0.4, 0.5) is 0 Å². The minimum Gasteiger partial charge on any atom is -0.461 e. The number of hydrogen-bond acceptors (Lipinski definition) is 3. The van der Waals surface area contributed by atoms with Gasteiger partial charge in [0.05, 0.1) is 0 Å². The molecule has 0 aliphatic carbocycles. The highest BCUT2D eigenvalue weighted by Crippen LogP contribution is 2.19. The minimum absolute atomic E-state index is 0.0735. The van der Waals surface area contributed by atoms with Crippen molar-refractivity contribution < 1.29 is 9.53 Å². The van der Waals surface area contributed by atoms with E-state index < -0.39 is 0 Å². The van der Waals surface area contributed by atoms with Crippen LogP contribution >= 0.6 is 0 Å². The van der Waals surface area contributed by atoms with Crippen LogP contribution in [0.3, 0.4) is 0 Å². The monoisotopic (exact) mass is 199 g/mol. The van der Waals surface area contributed by atoms with E-state index in [9.17, 15) is 4.79 Å². The highest BCUT2D eigenvalue weighted by molar-refractivity contribution is 5.86. The highest BCUT2D eigenvalue weighted by Gasteiger charge is 2.24. The van der Waals surface area contributed by atoms with Crippen molar-refractivity contribution in [2.75, 3.05) is 13.7 Å². The second-order valence-corrected chi connectivity index (χ2v) is 4.59. The van der Waals surface area contributed by atoms with E-state index in [1.165, 1.54) is 0 Å². The number of esters is 1. The van der Waals surface area contributed by atoms with Crippen LogP contribution in [-0.4, -0.2) is 25.7 Å². The molecule has 0 radical (unpaired) electrons. The number of rotatable bonds is 4. The van der Waals surface area contributed by atoms with E-state index in [-0.39, 0.29) is 17.4 Å². The molecule has 1 atom stereocenters. The molecular weight excluding hydrogens is 178 g/mol. The molecule has 1 unspecified atom stereocenters. The maximum Gasteiger partial charge on any atom is 0.333 e. The molecule has 0 bridgehead atoms. The Hall–Kier alpha value is -0.830. The van der Waals surface area contributed by atoms with Gasteiger partial charge in [-0.1, -0.05) is 27.4 Å². The van der Waals surface area contributed by atoms with Gasteiger partial charge in [-0.25, -0.2) is 4.79 Å². The molecule has 0 saturated carbocycles. The fraction of sp³-hybridized carbons (Fsp3) is 0.727. The molecule has 0 rings (SSSR count). The average molecular weight is 199 g/mol. The SMILES string of the molecule is C=C(C)C(=O)OCC(NC)C(C)(C)C. The van der Waals surface area contributed by atoms with Crippen molar-refractivity contribution in [1.82, 2.24) is 5.32 Å². The summed E-state index contributed by atoms with van der Waals surface area (Å²) < 4.78 is 5.08. The number of ether oxygens (including phenoxy) is 1. The molecular formula is C11H21NO2. The fourth-order valence-electron chi connectivity index (χ4n) is 1.05. The molecule has 0 heterocycles. The molecule has 0 aliphatic rings. The summed E-state index contributed by atoms with van der Waals surface area (Å²) >= 11 is 0. The quantitative estimate of drug-likeness (QED) is 0.553. The van der Waals surface area contributed by atoms with Crippen LogP contribution in [0.1, 0.15) is 27.7 Å². The van der Waals surface area contributed by atoms with Crippen molar-refractivity contribution in [2.24, 2.45) is 5.41 Å². The van der Waals surface area contributed by atoms with Gasteiger partial charge in [0, 0.05) is 11.6 Å². The normalized spacial score (nSPS) is 13.5. The zero-order valence-electron chi connectivity index (χ0n) is 9.81. The first-order valence-electron chi connectivity index (χ1n) is 4.79. The van der Waals surface area contributed by atoms with Crippen LogP contribution < -0.4 is 5.32 Å². The van der Waals surface area contributed by atoms with Gasteiger partial charge in [-0.3, -0.25) is 0 Å². The minimum atomic E-state index is -0.325. The molecule has 3 heteroatoms. The van der Waals surface area contributed by atoms with E-state index in [0.29, 0.717) is 12.2 Å². The second-order valence-electron chi connectivity index (χ2n) is 4.59. The number of carbonyl (C=O) groups excluding carboxylic acids is 1. The van der Waals surface area contributed by atoms with Gasteiger partial charge in [0.25, 0.3) is 0 Å². The molecule has 0 aromatic heterocycles. The van der Waals surface area contributed by atoms with Crippen molar-refractivity contribution in [3.63, 3.8) is 0 Å². The predicted molar refractivity (Wildman–Crippen MR) is 58.1 cm³/mol. The maximum absolute atomic E-state index is 11.1. The summed E-state index contributed by atoms with van der Waals surface area (Å²) in [5, 5.41) is 3.13. The largest absolute Gasteiger partial charge is 0.461 e. The van der Waals surface area contributed by atoms with Crippen LogP contribution in [0.5, 0.6) is 0 Å². The molecule has 0 aliphatic heterocycles. The van der Waals surface area contributed by atoms with Crippen LogP contribution in [0, 0.1) is 5.41 Å². The third kappa shape index (κ3) is 4.42. The maximum atomic E-state index is 11.1. The number of nitrogens with one attached hydrogen (secondary N) is 1. The van der Waals surface area contributed by atoms with Gasteiger partial charge < -0.3 is 10.1 Å². The Bertz CT molecular complexity index is 216. The standard InChI is InChI=1S/C11H21NO2/c1-8(2)10(13)14-7-9(12-6)11(3,4)5/h9,12H,1,7H2,2-6H3. The van der Waals surface area contributed by atoms with Crippen LogP contribution in [0.2, 0.25) is 0 Å². The third-order valence-electron chi connectivity index (χ3n) is 2.12. The summed E-state index contributed by atoms with van der Waals surface area (Å²) in [5.74, 6) is -0.325. The topological polar surface area (TPSA) is 38.3 Å². The van der Waals surface area contributed by atoms with Gasteiger partial charge in [0.15, 0.2) is 0 Å². The van der Waals surface area contributed by atoms with Crippen LogP contribution in [0.25, 0.3) is 0 Å². The zero-order valence-corrected chi connectivity index (χ0v) is 9.81. The van der Waals surface area contributed by atoms with Crippen molar-refractivity contribution in [2.45, 2.75) is 33.7 Å². The third-order valence-corrected chi connectivity index (χ3v) is 2.12. The number of hydrogen-bond donors (Lipinski definition) is 1. The van der Waals surface area contributed by atoms with Crippen LogP contribution in [0.15, 0.2) is 12.2 Å². The Morgan fingerprint density at radius 3 is 2.29 bits per heavy atom. The number of likely N-dealkylation sites (N-methyl/N-ethyl adjacent to an activating group) is 1. The van der Waals surface area contributed by atoms with Crippen molar-refractivity contribution in [3.8, 4) is 0 Å². The van der Waals surface area contributed by atoms with Gasteiger partial charge in [-0.05, 0) is 19.4 Å². The highest BCUT2D eigenvalue weighted by atomic mass is 16.5. The lowest BCUT2D eigenvalue weighted by Crippen LogP contribution is -2.42. The van der Waals surface area contributed by atoms with E-state index in [4.69, 9.17) is 4.74 Å². The molecule has 0 saturated heterocycles. The van der Waals surface area contributed by atoms with Gasteiger partial charge in [-0.2, -0.15) is 0 Å². The molecule has 0 spiro atoms. The summed E-state index contributed by atoms with van der Waals surface area (Å²) in [6, 6.07) is 0.158. The Morgan fingerprint density at radius 1 is 1.50 bits per heavy atom. The van der Waals surface area contributed by atoms with E-state index in [1.807, 2.05) is 7.05 Å². The lowest BCUT2D eigenvalue weighted by Gasteiger charge is -2.29. The molecule has 3 nitrogen and oxygen atoms in total. The smallest absolute Gasteiger partial charge is 0.333 e. The van der Waals surface area contributed by atoms with E-state index in [0.717, 1.165) is 0 Å². The van der Waals surface area contributed by atoms with E-state index in [2.05, 4.69) is 32.7 Å². The van der Waals surface area contributed by atoms with Crippen LogP contribution in [-0.2, 0) is 9.53 Å². The first-order chi connectivity index (χ1) is 6.29. The van der Waals surface area contributed by atoms with E-state index in [1.54, 1.807) is 6.92 Å². The van der Waals surface area contributed by atoms with Gasteiger partial charge >= 0.3 is 5.97 Å². The van der Waals surface area contributed by atoms with Gasteiger partial charge in [-0.15, -0.1) is 0 Å². The summed E-state index contributed by atoms with van der Waals surface area (Å²) in [6.07, 6.45) is 0. The lowest BCUT2D eigenvalue weighted by atomic mass is 9.87. The number of carbonyl (C=O) groups is 1. The first kappa shape index (κ1) is 13.2. The van der Waals surface area contributed by atoms with Gasteiger partial charge in [0.2, 0.25) is 0 Å². The molecule has 14 heavy (non-hydrogen) atoms. The molecule has 0 amide bonds. The summed E-state index contributed by atoms with van der Waals surface area (Å²) in [7, 11) is 1.87. The van der Waals surface area contributed by atoms with Crippen molar-refractivity contribution >= 4 is 5.97 Å². The molecule has 82 valence electrons. The van der Waals surface area contributed by atoms with Crippen molar-refractivity contribution in [1.29, 1.82) is 0 Å². The molecule has 0 aromatic rings. The molecule has 1 N–H and O–H groups in total. The average Bonchev–Trinajstić information content (AvgIpc) is 2.02. The second kappa shape index (κ2) is 5.15. The Kier molecular flexibility index (Phi) is 4.85. The first-order valence-corrected chi connectivity index (χ1v) is 4.79. The lowest BCUT2D eigenvalue weighted by molar-refractivity contribution is -0.140. The Morgan fingerprint density at radius 2 is 2.00 bits per heavy atom. The zero-order chi connectivity index (χ0) is 11.4. The van der Waals surface area contributed by atoms with E-state index >= 15 is 0 Å². The predicted octanol–water partition coefficient (Wildman–Crippen LogP) is 1.74. The Labute approximate surface area is 86.5 Å². The molecule has 0 aromatic carbocycles. The fourth-order valence-corrected chi connectivity index (χ4v) is 1.05. The van der Waals surface area contributed by atoms with Crippen molar-refractivity contribution in [3.05, 3.63) is 12.2 Å². The Balaban J connectivity index is 4.10. The van der Waals surface area contributed by atoms with Gasteiger partial charge in [0.1, 0.15) is 6.61 Å². The summed E-state index contributed by atoms with van der Waals surface area (Å²) in [6.45, 7) is 11.9. The summed E-state index contributed by atoms with van der Waals surface area (Å²) in [5.41, 5.74) is 0.512. The molecule has 0 fully saturated rings.